The molecule has 0 aromatic heterocycles. The number of aliphatic imine (C=N–C) groups is 1. The van der Waals surface area contributed by atoms with E-state index in [0.717, 1.165) is 53.5 Å². The summed E-state index contributed by atoms with van der Waals surface area (Å²) in [6, 6.07) is 13.6. The zero-order chi connectivity index (χ0) is 20.4. The number of benzene rings is 2. The predicted molar refractivity (Wildman–Crippen MR) is 120 cm³/mol. The molecule has 2 aliphatic rings. The van der Waals surface area contributed by atoms with E-state index >= 15 is 0 Å². The Balaban J connectivity index is 1.67. The fourth-order valence-electron chi connectivity index (χ4n) is 4.23. The molecule has 5 nitrogen and oxygen atoms in total. The van der Waals surface area contributed by atoms with E-state index in [2.05, 4.69) is 10.6 Å². The number of nitrogens with one attached hydrogen (secondary N) is 2. The van der Waals surface area contributed by atoms with Gasteiger partial charge in [0.15, 0.2) is 0 Å². The number of hydrogen-bond acceptors (Lipinski definition) is 3. The summed E-state index contributed by atoms with van der Waals surface area (Å²) in [5, 5.41) is 8.05. The number of anilines is 2. The SMILES string of the molecule is CN(C)C(=O)c1ccc2c(c1)NC1(CCCCC1)C(=NCc1cccc(Cl)c1)N2. The molecule has 0 atom stereocenters. The van der Waals surface area contributed by atoms with Crippen molar-refractivity contribution in [2.75, 3.05) is 24.7 Å². The van der Waals surface area contributed by atoms with Crippen LogP contribution in [0.1, 0.15) is 48.0 Å². The van der Waals surface area contributed by atoms with Crippen LogP contribution in [0.4, 0.5) is 11.4 Å². The molecule has 1 spiro atoms. The summed E-state index contributed by atoms with van der Waals surface area (Å²) in [7, 11) is 3.55. The highest BCUT2D eigenvalue weighted by atomic mass is 35.5. The Morgan fingerprint density at radius 1 is 1.10 bits per heavy atom. The number of amidine groups is 1. The Morgan fingerprint density at radius 2 is 1.90 bits per heavy atom. The largest absolute Gasteiger partial charge is 0.371 e. The van der Waals surface area contributed by atoms with Gasteiger partial charge in [-0.05, 0) is 48.7 Å². The first kappa shape index (κ1) is 19.8. The molecule has 4 rings (SSSR count). The molecule has 29 heavy (non-hydrogen) atoms. The number of rotatable bonds is 3. The van der Waals surface area contributed by atoms with Gasteiger partial charge in [-0.2, -0.15) is 0 Å². The normalized spacial score (nSPS) is 18.7. The molecule has 0 radical (unpaired) electrons. The molecule has 1 heterocycles. The molecule has 1 saturated carbocycles. The number of fused-ring (bicyclic) bond motifs is 1. The van der Waals surface area contributed by atoms with Crippen molar-refractivity contribution in [3.63, 3.8) is 0 Å². The van der Waals surface area contributed by atoms with Gasteiger partial charge >= 0.3 is 0 Å². The Labute approximate surface area is 177 Å². The van der Waals surface area contributed by atoms with Crippen LogP contribution in [0.2, 0.25) is 5.02 Å². The molecule has 2 aromatic carbocycles. The number of amides is 1. The Morgan fingerprint density at radius 3 is 2.62 bits per heavy atom. The van der Waals surface area contributed by atoms with Gasteiger partial charge in [0.05, 0.1) is 23.5 Å². The Kier molecular flexibility index (Phi) is 5.50. The maximum atomic E-state index is 12.4. The Hall–Kier alpha value is -2.53. The highest BCUT2D eigenvalue weighted by Crippen LogP contribution is 2.40. The average Bonchev–Trinajstić information content (AvgIpc) is 2.72. The van der Waals surface area contributed by atoms with E-state index in [4.69, 9.17) is 16.6 Å². The summed E-state index contributed by atoms with van der Waals surface area (Å²) in [4.78, 5) is 19.0. The van der Waals surface area contributed by atoms with Crippen molar-refractivity contribution in [1.29, 1.82) is 0 Å². The van der Waals surface area contributed by atoms with Crippen LogP contribution in [-0.4, -0.2) is 36.3 Å². The molecule has 1 aliphatic carbocycles. The van der Waals surface area contributed by atoms with Crippen molar-refractivity contribution >= 4 is 34.7 Å². The van der Waals surface area contributed by atoms with Gasteiger partial charge in [-0.25, -0.2) is 0 Å². The van der Waals surface area contributed by atoms with Gasteiger partial charge in [-0.15, -0.1) is 0 Å². The summed E-state index contributed by atoms with van der Waals surface area (Å²) < 4.78 is 0. The first-order valence-corrected chi connectivity index (χ1v) is 10.5. The zero-order valence-electron chi connectivity index (χ0n) is 17.0. The summed E-state index contributed by atoms with van der Waals surface area (Å²) in [5.41, 5.74) is 3.51. The van der Waals surface area contributed by atoms with Gasteiger partial charge in [0.2, 0.25) is 0 Å². The van der Waals surface area contributed by atoms with Crippen molar-refractivity contribution < 1.29 is 4.79 Å². The second-order valence-corrected chi connectivity index (χ2v) is 8.58. The van der Waals surface area contributed by atoms with E-state index in [-0.39, 0.29) is 11.4 Å². The van der Waals surface area contributed by atoms with E-state index in [1.165, 1.54) is 6.42 Å². The molecule has 1 fully saturated rings. The highest BCUT2D eigenvalue weighted by Gasteiger charge is 2.41. The molecule has 0 saturated heterocycles. The Bertz CT molecular complexity index is 948. The lowest BCUT2D eigenvalue weighted by Crippen LogP contribution is -2.53. The lowest BCUT2D eigenvalue weighted by molar-refractivity contribution is 0.0827. The summed E-state index contributed by atoms with van der Waals surface area (Å²) in [6.45, 7) is 0.582. The molecule has 0 bridgehead atoms. The summed E-state index contributed by atoms with van der Waals surface area (Å²) >= 11 is 6.13. The molecule has 2 N–H and O–H groups in total. The molecule has 6 heteroatoms. The van der Waals surface area contributed by atoms with Crippen LogP contribution in [0.3, 0.4) is 0 Å². The van der Waals surface area contributed by atoms with Crippen LogP contribution >= 0.6 is 11.6 Å². The molecule has 1 amide bonds. The minimum absolute atomic E-state index is 0.00714. The topological polar surface area (TPSA) is 56.7 Å². The fourth-order valence-corrected chi connectivity index (χ4v) is 4.44. The number of hydrogen-bond donors (Lipinski definition) is 2. The van der Waals surface area contributed by atoms with Crippen LogP contribution < -0.4 is 10.6 Å². The average molecular weight is 411 g/mol. The first-order valence-electron chi connectivity index (χ1n) is 10.2. The van der Waals surface area contributed by atoms with Crippen molar-refractivity contribution in [3.05, 3.63) is 58.6 Å². The minimum atomic E-state index is -0.205. The van der Waals surface area contributed by atoms with Crippen LogP contribution in [-0.2, 0) is 6.54 Å². The molecule has 152 valence electrons. The van der Waals surface area contributed by atoms with Gasteiger partial charge in [-0.3, -0.25) is 9.79 Å². The molecule has 1 aliphatic heterocycles. The zero-order valence-corrected chi connectivity index (χ0v) is 17.7. The van der Waals surface area contributed by atoms with Gasteiger partial charge in [-0.1, -0.05) is 43.0 Å². The molecular formula is C23H27ClN4O. The number of nitrogens with zero attached hydrogens (tertiary/aromatic N) is 2. The van der Waals surface area contributed by atoms with E-state index in [1.807, 2.05) is 42.5 Å². The van der Waals surface area contributed by atoms with E-state index in [9.17, 15) is 4.79 Å². The fraction of sp³-hybridized carbons (Fsp3) is 0.391. The van der Waals surface area contributed by atoms with Crippen LogP contribution in [0, 0.1) is 0 Å². The number of halogens is 1. The third kappa shape index (κ3) is 4.10. The first-order chi connectivity index (χ1) is 14.0. The second kappa shape index (κ2) is 8.07. The monoisotopic (exact) mass is 410 g/mol. The van der Waals surface area contributed by atoms with Crippen molar-refractivity contribution in [2.45, 2.75) is 44.2 Å². The second-order valence-electron chi connectivity index (χ2n) is 8.15. The maximum Gasteiger partial charge on any atom is 0.253 e. The molecule has 0 unspecified atom stereocenters. The van der Waals surface area contributed by atoms with E-state index in [0.29, 0.717) is 12.1 Å². The number of carbonyl (C=O) groups is 1. The van der Waals surface area contributed by atoms with Crippen molar-refractivity contribution in [3.8, 4) is 0 Å². The van der Waals surface area contributed by atoms with Crippen LogP contribution in [0.25, 0.3) is 0 Å². The molecular weight excluding hydrogens is 384 g/mol. The molecule has 2 aromatic rings. The van der Waals surface area contributed by atoms with Crippen molar-refractivity contribution in [1.82, 2.24) is 4.90 Å². The maximum absolute atomic E-state index is 12.4. The summed E-state index contributed by atoms with van der Waals surface area (Å²) in [5.74, 6) is 0.990. The van der Waals surface area contributed by atoms with E-state index in [1.54, 1.807) is 19.0 Å². The van der Waals surface area contributed by atoms with Gasteiger partial charge in [0, 0.05) is 24.7 Å². The lowest BCUT2D eigenvalue weighted by Gasteiger charge is -2.44. The smallest absolute Gasteiger partial charge is 0.253 e. The van der Waals surface area contributed by atoms with Crippen LogP contribution in [0.15, 0.2) is 47.5 Å². The van der Waals surface area contributed by atoms with Gasteiger partial charge in [0.25, 0.3) is 5.91 Å². The predicted octanol–water partition coefficient (Wildman–Crippen LogP) is 5.18. The standard InChI is InChI=1S/C23H27ClN4O/c1-28(2)21(29)17-9-10-19-20(14-17)27-23(11-4-3-5-12-23)22(26-19)25-15-16-7-6-8-18(24)13-16/h6-10,13-14,27H,3-5,11-12,15H2,1-2H3,(H,25,26). The lowest BCUT2D eigenvalue weighted by atomic mass is 9.79. The third-order valence-electron chi connectivity index (χ3n) is 5.77. The van der Waals surface area contributed by atoms with Gasteiger partial charge in [0.1, 0.15) is 5.84 Å². The third-order valence-corrected chi connectivity index (χ3v) is 6.00. The quantitative estimate of drug-likeness (QED) is 0.732. The van der Waals surface area contributed by atoms with Gasteiger partial charge < -0.3 is 15.5 Å². The summed E-state index contributed by atoms with van der Waals surface area (Å²) in [6.07, 6.45) is 5.63. The highest BCUT2D eigenvalue weighted by molar-refractivity contribution is 6.30. The van der Waals surface area contributed by atoms with Crippen LogP contribution in [0.5, 0.6) is 0 Å². The number of carbonyl (C=O) groups excluding carboxylic acids is 1. The van der Waals surface area contributed by atoms with Crippen molar-refractivity contribution in [2.24, 2.45) is 4.99 Å². The van der Waals surface area contributed by atoms with E-state index < -0.39 is 0 Å². The minimum Gasteiger partial charge on any atom is -0.371 e.